The molecule has 1 aliphatic rings. The van der Waals surface area contributed by atoms with Crippen LogP contribution >= 0.6 is 0 Å². The summed E-state index contributed by atoms with van der Waals surface area (Å²) < 4.78 is 0. The van der Waals surface area contributed by atoms with Crippen LogP contribution in [0.4, 0.5) is 4.79 Å². The topological polar surface area (TPSA) is 78.4 Å². The molecule has 1 saturated carbocycles. The van der Waals surface area contributed by atoms with Crippen LogP contribution in [0.5, 0.6) is 0 Å². The van der Waals surface area contributed by atoms with Crippen molar-refractivity contribution in [2.24, 2.45) is 11.8 Å². The van der Waals surface area contributed by atoms with E-state index in [0.29, 0.717) is 18.9 Å². The van der Waals surface area contributed by atoms with E-state index in [9.17, 15) is 9.59 Å². The van der Waals surface area contributed by atoms with Gasteiger partial charge >= 0.3 is 12.0 Å². The molecule has 5 heteroatoms. The Morgan fingerprint density at radius 3 is 2.45 bits per heavy atom. The molecule has 1 aliphatic carbocycles. The Hall–Kier alpha value is -1.26. The Balaban J connectivity index is 2.25. The molecular formula is C15H28N2O3. The fourth-order valence-electron chi connectivity index (χ4n) is 2.65. The average Bonchev–Trinajstić information content (AvgIpc) is 2.42. The maximum Gasteiger partial charge on any atom is 0.326 e. The highest BCUT2D eigenvalue weighted by Gasteiger charge is 2.21. The number of aliphatic carboxylic acids is 1. The third-order valence-corrected chi connectivity index (χ3v) is 4.14. The van der Waals surface area contributed by atoms with Crippen molar-refractivity contribution in [3.8, 4) is 0 Å². The first-order chi connectivity index (χ1) is 9.52. The monoisotopic (exact) mass is 284 g/mol. The summed E-state index contributed by atoms with van der Waals surface area (Å²) in [5.74, 6) is 0.376. The third kappa shape index (κ3) is 6.26. The second-order valence-corrected chi connectivity index (χ2v) is 6.01. The van der Waals surface area contributed by atoms with E-state index in [0.717, 1.165) is 31.6 Å². The van der Waals surface area contributed by atoms with Gasteiger partial charge in [0.1, 0.15) is 6.04 Å². The van der Waals surface area contributed by atoms with Crippen LogP contribution in [-0.2, 0) is 4.79 Å². The highest BCUT2D eigenvalue weighted by Crippen LogP contribution is 2.27. The van der Waals surface area contributed by atoms with Crippen molar-refractivity contribution in [1.82, 2.24) is 10.6 Å². The molecule has 1 fully saturated rings. The van der Waals surface area contributed by atoms with E-state index in [-0.39, 0.29) is 6.03 Å². The minimum atomic E-state index is -0.958. The van der Waals surface area contributed by atoms with Crippen LogP contribution < -0.4 is 10.6 Å². The summed E-state index contributed by atoms with van der Waals surface area (Å²) in [6, 6.07) is -1.13. The lowest BCUT2D eigenvalue weighted by molar-refractivity contribution is -0.139. The zero-order chi connectivity index (χ0) is 15.0. The van der Waals surface area contributed by atoms with E-state index >= 15 is 0 Å². The van der Waals surface area contributed by atoms with Crippen molar-refractivity contribution in [2.45, 2.75) is 64.8 Å². The molecule has 0 unspecified atom stereocenters. The Labute approximate surface area is 121 Å². The summed E-state index contributed by atoms with van der Waals surface area (Å²) in [7, 11) is 0. The molecule has 1 atom stereocenters. The van der Waals surface area contributed by atoms with Gasteiger partial charge in [0.05, 0.1) is 0 Å². The van der Waals surface area contributed by atoms with Gasteiger partial charge in [0, 0.05) is 6.54 Å². The molecule has 1 rings (SSSR count). The van der Waals surface area contributed by atoms with Gasteiger partial charge in [0.25, 0.3) is 0 Å². The van der Waals surface area contributed by atoms with Gasteiger partial charge in [0.15, 0.2) is 0 Å². The Kier molecular flexibility index (Phi) is 7.41. The maximum atomic E-state index is 11.7. The van der Waals surface area contributed by atoms with Gasteiger partial charge in [-0.05, 0) is 31.1 Å². The lowest BCUT2D eigenvalue weighted by Crippen LogP contribution is -2.47. The standard InChI is InChI=1S/C15H28N2O3/c1-3-4-5-13(14(18)19)17-15(20)16-10-12-8-6-11(2)7-9-12/h11-13H,3-10H2,1-2H3,(H,18,19)(H2,16,17,20)/t11?,12?,13-/m0/s1. The van der Waals surface area contributed by atoms with E-state index in [4.69, 9.17) is 5.11 Å². The number of hydrogen-bond acceptors (Lipinski definition) is 2. The molecule has 0 bridgehead atoms. The summed E-state index contributed by atoms with van der Waals surface area (Å²) in [5, 5.41) is 14.4. The minimum Gasteiger partial charge on any atom is -0.480 e. The number of carbonyl (C=O) groups excluding carboxylic acids is 1. The van der Waals surface area contributed by atoms with Gasteiger partial charge < -0.3 is 15.7 Å². The molecule has 0 aromatic rings. The first kappa shape index (κ1) is 16.8. The largest absolute Gasteiger partial charge is 0.480 e. The van der Waals surface area contributed by atoms with E-state index in [1.54, 1.807) is 0 Å². The molecule has 0 saturated heterocycles. The van der Waals surface area contributed by atoms with E-state index in [2.05, 4.69) is 17.6 Å². The molecule has 3 N–H and O–H groups in total. The SMILES string of the molecule is CCCC[C@H](NC(=O)NCC1CCC(C)CC1)C(=O)O. The number of carboxylic acids is 1. The fourth-order valence-corrected chi connectivity index (χ4v) is 2.65. The number of carboxylic acid groups (broad SMARTS) is 1. The summed E-state index contributed by atoms with van der Waals surface area (Å²) in [5.41, 5.74) is 0. The molecule has 0 radical (unpaired) electrons. The number of hydrogen-bond donors (Lipinski definition) is 3. The van der Waals surface area contributed by atoms with Crippen LogP contribution in [0.3, 0.4) is 0 Å². The number of amides is 2. The van der Waals surface area contributed by atoms with E-state index in [1.165, 1.54) is 12.8 Å². The number of nitrogens with one attached hydrogen (secondary N) is 2. The molecule has 0 aromatic heterocycles. The summed E-state index contributed by atoms with van der Waals surface area (Å²) >= 11 is 0. The van der Waals surface area contributed by atoms with Crippen molar-refractivity contribution < 1.29 is 14.7 Å². The Morgan fingerprint density at radius 2 is 1.90 bits per heavy atom. The second kappa shape index (κ2) is 8.82. The number of unbranched alkanes of at least 4 members (excludes halogenated alkanes) is 1. The van der Waals surface area contributed by atoms with Crippen LogP contribution in [0.25, 0.3) is 0 Å². The van der Waals surface area contributed by atoms with Crippen LogP contribution in [0.2, 0.25) is 0 Å². The summed E-state index contributed by atoms with van der Waals surface area (Å²) in [6.45, 7) is 4.92. The predicted octanol–water partition coefficient (Wildman–Crippen LogP) is 2.76. The first-order valence-electron chi connectivity index (χ1n) is 7.80. The smallest absolute Gasteiger partial charge is 0.326 e. The molecule has 116 valence electrons. The van der Waals surface area contributed by atoms with Crippen LogP contribution in [-0.4, -0.2) is 29.7 Å². The minimum absolute atomic E-state index is 0.355. The molecule has 0 spiro atoms. The number of carbonyl (C=O) groups is 2. The highest BCUT2D eigenvalue weighted by molar-refractivity contribution is 5.82. The van der Waals surface area contributed by atoms with Crippen molar-refractivity contribution in [2.75, 3.05) is 6.54 Å². The normalized spacial score (nSPS) is 23.9. The van der Waals surface area contributed by atoms with Gasteiger partial charge in [-0.25, -0.2) is 9.59 Å². The molecule has 5 nitrogen and oxygen atoms in total. The lowest BCUT2D eigenvalue weighted by Gasteiger charge is -2.26. The molecular weight excluding hydrogens is 256 g/mol. The molecule has 20 heavy (non-hydrogen) atoms. The third-order valence-electron chi connectivity index (χ3n) is 4.14. The van der Waals surface area contributed by atoms with Gasteiger partial charge in [-0.15, -0.1) is 0 Å². The lowest BCUT2D eigenvalue weighted by atomic mass is 9.83. The van der Waals surface area contributed by atoms with Crippen LogP contribution in [0, 0.1) is 11.8 Å². The molecule has 2 amide bonds. The Morgan fingerprint density at radius 1 is 1.25 bits per heavy atom. The van der Waals surface area contributed by atoms with Crippen LogP contribution in [0.15, 0.2) is 0 Å². The second-order valence-electron chi connectivity index (χ2n) is 6.01. The number of rotatable bonds is 7. The van der Waals surface area contributed by atoms with Gasteiger partial charge in [-0.3, -0.25) is 0 Å². The van der Waals surface area contributed by atoms with Gasteiger partial charge in [0.2, 0.25) is 0 Å². The summed E-state index contributed by atoms with van der Waals surface area (Å²) in [4.78, 5) is 22.8. The summed E-state index contributed by atoms with van der Waals surface area (Å²) in [6.07, 6.45) is 6.97. The first-order valence-corrected chi connectivity index (χ1v) is 7.80. The fraction of sp³-hybridized carbons (Fsp3) is 0.867. The average molecular weight is 284 g/mol. The zero-order valence-electron chi connectivity index (χ0n) is 12.7. The predicted molar refractivity (Wildman–Crippen MR) is 78.6 cm³/mol. The maximum absolute atomic E-state index is 11.7. The van der Waals surface area contributed by atoms with Crippen molar-refractivity contribution in [3.63, 3.8) is 0 Å². The van der Waals surface area contributed by atoms with Gasteiger partial charge in [-0.2, -0.15) is 0 Å². The molecule has 0 aliphatic heterocycles. The molecule has 0 heterocycles. The molecule has 0 aromatic carbocycles. The highest BCUT2D eigenvalue weighted by atomic mass is 16.4. The van der Waals surface area contributed by atoms with Crippen LogP contribution in [0.1, 0.15) is 58.8 Å². The Bertz CT molecular complexity index is 312. The zero-order valence-corrected chi connectivity index (χ0v) is 12.7. The number of urea groups is 1. The van der Waals surface area contributed by atoms with Crippen molar-refractivity contribution in [3.05, 3.63) is 0 Å². The van der Waals surface area contributed by atoms with E-state index < -0.39 is 12.0 Å². The quantitative estimate of drug-likeness (QED) is 0.672. The van der Waals surface area contributed by atoms with Crippen molar-refractivity contribution >= 4 is 12.0 Å². The van der Waals surface area contributed by atoms with E-state index in [1.807, 2.05) is 6.92 Å². The van der Waals surface area contributed by atoms with Crippen molar-refractivity contribution in [1.29, 1.82) is 0 Å². The van der Waals surface area contributed by atoms with Gasteiger partial charge in [-0.1, -0.05) is 39.5 Å².